The Morgan fingerprint density at radius 1 is 1.47 bits per heavy atom. The van der Waals surface area contributed by atoms with Gasteiger partial charge in [0, 0.05) is 10.6 Å². The Labute approximate surface area is 109 Å². The normalized spacial score (nSPS) is 12.1. The molecule has 17 heavy (non-hydrogen) atoms. The molecular formula is C11H12Cl2O4. The van der Waals surface area contributed by atoms with Gasteiger partial charge in [0.15, 0.2) is 6.10 Å². The maximum atomic E-state index is 11.2. The van der Waals surface area contributed by atoms with E-state index in [1.807, 2.05) is 0 Å². The molecule has 1 rings (SSSR count). The van der Waals surface area contributed by atoms with Crippen molar-refractivity contribution in [3.8, 4) is 5.75 Å². The highest BCUT2D eigenvalue weighted by Crippen LogP contribution is 2.33. The first-order chi connectivity index (χ1) is 7.99. The topological polar surface area (TPSA) is 55.8 Å². The molecule has 0 saturated heterocycles. The minimum atomic E-state index is -0.816. The molecule has 0 aliphatic rings. The molecule has 1 atom stereocenters. The molecular weight excluding hydrogens is 267 g/mol. The molecule has 0 aromatic heterocycles. The van der Waals surface area contributed by atoms with Crippen LogP contribution in [0.5, 0.6) is 5.75 Å². The highest BCUT2D eigenvalue weighted by Gasteiger charge is 2.19. The fourth-order valence-electron chi connectivity index (χ4n) is 1.25. The molecule has 0 spiro atoms. The van der Waals surface area contributed by atoms with Gasteiger partial charge in [0.1, 0.15) is 5.75 Å². The lowest BCUT2D eigenvalue weighted by Crippen LogP contribution is -2.25. The molecule has 0 bridgehead atoms. The number of hydrogen-bond donors (Lipinski definition) is 1. The number of carbonyl (C=O) groups excluding carboxylic acids is 1. The minimum Gasteiger partial charge on any atom is -0.477 e. The summed E-state index contributed by atoms with van der Waals surface area (Å²) in [5, 5.41) is 9.78. The van der Waals surface area contributed by atoms with Crippen molar-refractivity contribution in [2.45, 2.75) is 19.6 Å². The zero-order valence-corrected chi connectivity index (χ0v) is 10.9. The molecule has 0 saturated carbocycles. The lowest BCUT2D eigenvalue weighted by atomic mass is 10.2. The first kappa shape index (κ1) is 14.1. The van der Waals surface area contributed by atoms with Crippen molar-refractivity contribution < 1.29 is 19.4 Å². The van der Waals surface area contributed by atoms with Crippen molar-refractivity contribution in [1.82, 2.24) is 0 Å². The van der Waals surface area contributed by atoms with E-state index in [-0.39, 0.29) is 17.4 Å². The van der Waals surface area contributed by atoms with E-state index in [1.165, 1.54) is 26.2 Å². The second-order valence-electron chi connectivity index (χ2n) is 3.32. The number of hydrogen-bond acceptors (Lipinski definition) is 4. The minimum absolute atomic E-state index is 0.233. The second kappa shape index (κ2) is 6.10. The first-order valence-electron chi connectivity index (χ1n) is 4.82. The van der Waals surface area contributed by atoms with Crippen LogP contribution in [0.15, 0.2) is 12.1 Å². The third-order valence-electron chi connectivity index (χ3n) is 2.08. The molecule has 0 aliphatic carbocycles. The monoisotopic (exact) mass is 278 g/mol. The Balaban J connectivity index is 3.01. The Hall–Kier alpha value is -0.970. The third kappa shape index (κ3) is 3.49. The van der Waals surface area contributed by atoms with E-state index in [2.05, 4.69) is 4.74 Å². The van der Waals surface area contributed by atoms with Crippen LogP contribution in [0.1, 0.15) is 12.5 Å². The van der Waals surface area contributed by atoms with Crippen LogP contribution in [0, 0.1) is 0 Å². The number of aliphatic hydroxyl groups is 1. The van der Waals surface area contributed by atoms with Gasteiger partial charge in [-0.05, 0) is 19.1 Å². The van der Waals surface area contributed by atoms with E-state index in [4.69, 9.17) is 33.0 Å². The van der Waals surface area contributed by atoms with Crippen molar-refractivity contribution in [3.63, 3.8) is 0 Å². The first-order valence-corrected chi connectivity index (χ1v) is 5.58. The van der Waals surface area contributed by atoms with Crippen molar-refractivity contribution >= 4 is 29.2 Å². The van der Waals surface area contributed by atoms with Gasteiger partial charge in [-0.15, -0.1) is 0 Å². The third-order valence-corrected chi connectivity index (χ3v) is 2.58. The molecule has 0 radical (unpaired) electrons. The van der Waals surface area contributed by atoms with E-state index in [1.54, 1.807) is 0 Å². The molecule has 1 unspecified atom stereocenters. The number of ether oxygens (including phenoxy) is 2. The zero-order valence-electron chi connectivity index (χ0n) is 9.37. The van der Waals surface area contributed by atoms with Crippen LogP contribution in [-0.4, -0.2) is 24.3 Å². The summed E-state index contributed by atoms with van der Waals surface area (Å²) < 4.78 is 9.88. The molecule has 94 valence electrons. The zero-order chi connectivity index (χ0) is 13.0. The van der Waals surface area contributed by atoms with Gasteiger partial charge < -0.3 is 14.6 Å². The van der Waals surface area contributed by atoms with E-state index in [0.717, 1.165) is 0 Å². The van der Waals surface area contributed by atoms with E-state index in [9.17, 15) is 4.79 Å². The van der Waals surface area contributed by atoms with Gasteiger partial charge in [0.25, 0.3) is 0 Å². The quantitative estimate of drug-likeness (QED) is 0.860. The fourth-order valence-corrected chi connectivity index (χ4v) is 1.83. The number of benzene rings is 1. The number of rotatable bonds is 4. The second-order valence-corrected chi connectivity index (χ2v) is 4.16. The van der Waals surface area contributed by atoms with Gasteiger partial charge >= 0.3 is 5.97 Å². The van der Waals surface area contributed by atoms with E-state index < -0.39 is 12.1 Å². The van der Waals surface area contributed by atoms with Crippen LogP contribution < -0.4 is 4.74 Å². The summed E-state index contributed by atoms with van der Waals surface area (Å²) in [5.41, 5.74) is 0.415. The molecule has 4 nitrogen and oxygen atoms in total. The highest BCUT2D eigenvalue weighted by atomic mass is 35.5. The number of aliphatic hydroxyl groups excluding tert-OH is 1. The van der Waals surface area contributed by atoms with Crippen LogP contribution in [0.2, 0.25) is 10.0 Å². The van der Waals surface area contributed by atoms with Crippen LogP contribution >= 0.6 is 23.2 Å². The fraction of sp³-hybridized carbons (Fsp3) is 0.364. The Bertz CT molecular complexity index is 420. The largest absolute Gasteiger partial charge is 0.477 e. The van der Waals surface area contributed by atoms with Gasteiger partial charge in [-0.1, -0.05) is 23.2 Å². The van der Waals surface area contributed by atoms with E-state index >= 15 is 0 Å². The van der Waals surface area contributed by atoms with Crippen LogP contribution in [0.4, 0.5) is 0 Å². The van der Waals surface area contributed by atoms with E-state index in [0.29, 0.717) is 10.6 Å². The number of methoxy groups -OCH3 is 1. The summed E-state index contributed by atoms with van der Waals surface area (Å²) in [4.78, 5) is 11.2. The van der Waals surface area contributed by atoms with Crippen LogP contribution in [0.25, 0.3) is 0 Å². The summed E-state index contributed by atoms with van der Waals surface area (Å²) in [6.45, 7) is 1.24. The molecule has 0 aliphatic heterocycles. The lowest BCUT2D eigenvalue weighted by molar-refractivity contribution is -0.147. The Kier molecular flexibility index (Phi) is 5.05. The van der Waals surface area contributed by atoms with Crippen molar-refractivity contribution in [2.24, 2.45) is 0 Å². The van der Waals surface area contributed by atoms with Gasteiger partial charge in [0.05, 0.1) is 18.7 Å². The summed E-state index contributed by atoms with van der Waals surface area (Å²) >= 11 is 11.7. The van der Waals surface area contributed by atoms with Crippen LogP contribution in [-0.2, 0) is 16.1 Å². The molecule has 1 aromatic carbocycles. The van der Waals surface area contributed by atoms with Crippen molar-refractivity contribution in [3.05, 3.63) is 27.7 Å². The average molecular weight is 279 g/mol. The summed E-state index contributed by atoms with van der Waals surface area (Å²) in [7, 11) is 1.26. The lowest BCUT2D eigenvalue weighted by Gasteiger charge is -2.16. The molecule has 0 heterocycles. The van der Waals surface area contributed by atoms with Gasteiger partial charge in [-0.25, -0.2) is 4.79 Å². The number of halogens is 2. The molecule has 0 fully saturated rings. The SMILES string of the molecule is COC(=O)C(C)Oc1c(Cl)cc(Cl)cc1CO. The standard InChI is InChI=1S/C11H12Cl2O4/c1-6(11(15)16-2)17-10-7(5-14)3-8(12)4-9(10)13/h3-4,6,14H,5H2,1-2H3. The predicted octanol–water partition coefficient (Wildman–Crippen LogP) is 2.43. The Morgan fingerprint density at radius 3 is 2.65 bits per heavy atom. The molecule has 6 heteroatoms. The molecule has 0 amide bonds. The predicted molar refractivity (Wildman–Crippen MR) is 64.5 cm³/mol. The van der Waals surface area contributed by atoms with Crippen molar-refractivity contribution in [2.75, 3.05) is 7.11 Å². The smallest absolute Gasteiger partial charge is 0.346 e. The van der Waals surface area contributed by atoms with Crippen LogP contribution in [0.3, 0.4) is 0 Å². The average Bonchev–Trinajstić information content (AvgIpc) is 2.30. The van der Waals surface area contributed by atoms with Gasteiger partial charge in [0.2, 0.25) is 0 Å². The van der Waals surface area contributed by atoms with Crippen molar-refractivity contribution in [1.29, 1.82) is 0 Å². The molecule has 1 aromatic rings. The van der Waals surface area contributed by atoms with Gasteiger partial charge in [-0.3, -0.25) is 0 Å². The highest BCUT2D eigenvalue weighted by molar-refractivity contribution is 6.35. The van der Waals surface area contributed by atoms with Gasteiger partial charge in [-0.2, -0.15) is 0 Å². The number of esters is 1. The summed E-state index contributed by atoms with van der Waals surface area (Å²) in [6.07, 6.45) is -0.816. The maximum absolute atomic E-state index is 11.2. The summed E-state index contributed by atoms with van der Waals surface area (Å²) in [6, 6.07) is 2.99. The maximum Gasteiger partial charge on any atom is 0.346 e. The Morgan fingerprint density at radius 2 is 2.12 bits per heavy atom. The molecule has 1 N–H and O–H groups in total. The summed E-state index contributed by atoms with van der Waals surface area (Å²) in [5.74, 6) is -0.295. The number of carbonyl (C=O) groups is 1.